The SMILES string of the molecule is COc1cc(N)ccc1Oc1ncc(C)cn1. The molecular weight excluding hydrogens is 218 g/mol. The summed E-state index contributed by atoms with van der Waals surface area (Å²) in [5.41, 5.74) is 7.23. The third-order valence-corrected chi connectivity index (χ3v) is 2.15. The number of hydrogen-bond acceptors (Lipinski definition) is 5. The van der Waals surface area contributed by atoms with Crippen LogP contribution in [0.25, 0.3) is 0 Å². The molecule has 0 aliphatic rings. The number of methoxy groups -OCH3 is 1. The van der Waals surface area contributed by atoms with Crippen molar-refractivity contribution in [3.63, 3.8) is 0 Å². The summed E-state index contributed by atoms with van der Waals surface area (Å²) in [5.74, 6) is 1.08. The van der Waals surface area contributed by atoms with Crippen LogP contribution in [0.1, 0.15) is 5.56 Å². The van der Waals surface area contributed by atoms with Gasteiger partial charge in [0.15, 0.2) is 11.5 Å². The number of nitrogens with two attached hydrogens (primary N) is 1. The van der Waals surface area contributed by atoms with E-state index in [0.717, 1.165) is 5.56 Å². The van der Waals surface area contributed by atoms with E-state index in [4.69, 9.17) is 15.2 Å². The molecule has 0 atom stereocenters. The summed E-state index contributed by atoms with van der Waals surface area (Å²) >= 11 is 0. The van der Waals surface area contributed by atoms with Gasteiger partial charge in [0.1, 0.15) is 0 Å². The first-order chi connectivity index (χ1) is 8.19. The minimum atomic E-state index is 0.277. The Morgan fingerprint density at radius 1 is 1.12 bits per heavy atom. The molecule has 1 aromatic heterocycles. The minimum absolute atomic E-state index is 0.277. The van der Waals surface area contributed by atoms with Crippen molar-refractivity contribution in [2.45, 2.75) is 6.92 Å². The van der Waals surface area contributed by atoms with Gasteiger partial charge in [-0.3, -0.25) is 0 Å². The average Bonchev–Trinajstić information content (AvgIpc) is 2.34. The maximum atomic E-state index is 5.65. The number of ether oxygens (including phenoxy) is 2. The largest absolute Gasteiger partial charge is 0.493 e. The fourth-order valence-electron chi connectivity index (χ4n) is 1.30. The number of nitrogens with zero attached hydrogens (tertiary/aromatic N) is 2. The lowest BCUT2D eigenvalue weighted by Crippen LogP contribution is -1.95. The van der Waals surface area contributed by atoms with Crippen LogP contribution in [0.15, 0.2) is 30.6 Å². The molecule has 2 aromatic rings. The monoisotopic (exact) mass is 231 g/mol. The predicted molar refractivity (Wildman–Crippen MR) is 64.2 cm³/mol. The van der Waals surface area contributed by atoms with E-state index in [9.17, 15) is 0 Å². The number of aryl methyl sites for hydroxylation is 1. The van der Waals surface area contributed by atoms with Crippen molar-refractivity contribution in [3.8, 4) is 17.5 Å². The second-order valence-corrected chi connectivity index (χ2v) is 3.56. The molecule has 0 unspecified atom stereocenters. The number of hydrogen-bond donors (Lipinski definition) is 1. The van der Waals surface area contributed by atoms with Crippen LogP contribution in [0, 0.1) is 6.92 Å². The Kier molecular flexibility index (Phi) is 3.09. The maximum Gasteiger partial charge on any atom is 0.322 e. The Labute approximate surface area is 99.2 Å². The van der Waals surface area contributed by atoms with Crippen molar-refractivity contribution in [1.82, 2.24) is 9.97 Å². The van der Waals surface area contributed by atoms with Crippen molar-refractivity contribution >= 4 is 5.69 Å². The molecule has 0 aliphatic heterocycles. The van der Waals surface area contributed by atoms with Crippen LogP contribution in [0.2, 0.25) is 0 Å². The van der Waals surface area contributed by atoms with E-state index in [1.807, 2.05) is 6.92 Å². The van der Waals surface area contributed by atoms with E-state index < -0.39 is 0 Å². The Bertz CT molecular complexity index is 512. The number of anilines is 1. The third-order valence-electron chi connectivity index (χ3n) is 2.15. The fraction of sp³-hybridized carbons (Fsp3) is 0.167. The average molecular weight is 231 g/mol. The fourth-order valence-corrected chi connectivity index (χ4v) is 1.30. The summed E-state index contributed by atoms with van der Waals surface area (Å²) in [6, 6.07) is 5.41. The zero-order valence-corrected chi connectivity index (χ0v) is 9.68. The van der Waals surface area contributed by atoms with E-state index in [1.165, 1.54) is 0 Å². The zero-order valence-electron chi connectivity index (χ0n) is 9.68. The van der Waals surface area contributed by atoms with Crippen molar-refractivity contribution in [3.05, 3.63) is 36.2 Å². The van der Waals surface area contributed by atoms with E-state index in [2.05, 4.69) is 9.97 Å². The molecule has 0 saturated heterocycles. The van der Waals surface area contributed by atoms with Gasteiger partial charge in [0.25, 0.3) is 0 Å². The molecular formula is C12H13N3O2. The number of nitrogen functional groups attached to an aromatic ring is 1. The van der Waals surface area contributed by atoms with Gasteiger partial charge in [-0.2, -0.15) is 0 Å². The molecule has 0 amide bonds. The number of benzene rings is 1. The molecule has 17 heavy (non-hydrogen) atoms. The summed E-state index contributed by atoms with van der Waals surface area (Å²) in [4.78, 5) is 8.10. The maximum absolute atomic E-state index is 5.65. The molecule has 0 bridgehead atoms. The molecule has 1 heterocycles. The van der Waals surface area contributed by atoms with Gasteiger partial charge in [-0.1, -0.05) is 0 Å². The molecule has 2 N–H and O–H groups in total. The first-order valence-electron chi connectivity index (χ1n) is 5.09. The predicted octanol–water partition coefficient (Wildman–Crippen LogP) is 2.17. The van der Waals surface area contributed by atoms with Gasteiger partial charge in [-0.15, -0.1) is 0 Å². The van der Waals surface area contributed by atoms with Crippen LogP contribution < -0.4 is 15.2 Å². The second-order valence-electron chi connectivity index (χ2n) is 3.56. The quantitative estimate of drug-likeness (QED) is 0.820. The Morgan fingerprint density at radius 3 is 2.47 bits per heavy atom. The van der Waals surface area contributed by atoms with E-state index in [0.29, 0.717) is 17.2 Å². The molecule has 2 rings (SSSR count). The van der Waals surface area contributed by atoms with Gasteiger partial charge in [0.05, 0.1) is 7.11 Å². The van der Waals surface area contributed by atoms with Gasteiger partial charge < -0.3 is 15.2 Å². The van der Waals surface area contributed by atoms with Crippen molar-refractivity contribution < 1.29 is 9.47 Å². The van der Waals surface area contributed by atoms with E-state index in [1.54, 1.807) is 37.7 Å². The van der Waals surface area contributed by atoms with Gasteiger partial charge in [-0.25, -0.2) is 9.97 Å². The lowest BCUT2D eigenvalue weighted by atomic mass is 10.3. The zero-order chi connectivity index (χ0) is 12.3. The first kappa shape index (κ1) is 11.2. The van der Waals surface area contributed by atoms with Crippen molar-refractivity contribution in [2.24, 2.45) is 0 Å². The Morgan fingerprint density at radius 2 is 1.82 bits per heavy atom. The van der Waals surface area contributed by atoms with Gasteiger partial charge in [-0.05, 0) is 24.6 Å². The van der Waals surface area contributed by atoms with Crippen LogP contribution >= 0.6 is 0 Å². The van der Waals surface area contributed by atoms with Crippen LogP contribution in [-0.4, -0.2) is 17.1 Å². The molecule has 5 nitrogen and oxygen atoms in total. The Hall–Kier alpha value is -2.30. The molecule has 0 saturated carbocycles. The van der Waals surface area contributed by atoms with Crippen LogP contribution in [0.5, 0.6) is 17.5 Å². The summed E-state index contributed by atoms with van der Waals surface area (Å²) in [6.45, 7) is 1.91. The van der Waals surface area contributed by atoms with Crippen LogP contribution in [0.3, 0.4) is 0 Å². The topological polar surface area (TPSA) is 70.3 Å². The lowest BCUT2D eigenvalue weighted by Gasteiger charge is -2.09. The molecule has 1 aromatic carbocycles. The highest BCUT2D eigenvalue weighted by atomic mass is 16.5. The molecule has 0 aliphatic carbocycles. The van der Waals surface area contributed by atoms with Crippen molar-refractivity contribution in [2.75, 3.05) is 12.8 Å². The highest BCUT2D eigenvalue weighted by Crippen LogP contribution is 2.31. The van der Waals surface area contributed by atoms with Crippen LogP contribution in [-0.2, 0) is 0 Å². The normalized spacial score (nSPS) is 10.0. The lowest BCUT2D eigenvalue weighted by molar-refractivity contribution is 0.368. The minimum Gasteiger partial charge on any atom is -0.493 e. The summed E-state index contributed by atoms with van der Waals surface area (Å²) < 4.78 is 10.7. The van der Waals surface area contributed by atoms with E-state index in [-0.39, 0.29) is 6.01 Å². The molecule has 0 radical (unpaired) electrons. The van der Waals surface area contributed by atoms with Crippen molar-refractivity contribution in [1.29, 1.82) is 0 Å². The second kappa shape index (κ2) is 4.69. The first-order valence-corrected chi connectivity index (χ1v) is 5.09. The van der Waals surface area contributed by atoms with Crippen LogP contribution in [0.4, 0.5) is 5.69 Å². The molecule has 5 heteroatoms. The van der Waals surface area contributed by atoms with Gasteiger partial charge in [0.2, 0.25) is 0 Å². The highest BCUT2D eigenvalue weighted by molar-refractivity contribution is 5.52. The summed E-state index contributed by atoms with van der Waals surface area (Å²) in [5, 5.41) is 0. The Balaban J connectivity index is 2.26. The molecule has 88 valence electrons. The molecule has 0 fully saturated rings. The molecule has 0 spiro atoms. The number of aromatic nitrogens is 2. The third kappa shape index (κ3) is 2.63. The number of rotatable bonds is 3. The van der Waals surface area contributed by atoms with E-state index >= 15 is 0 Å². The summed E-state index contributed by atoms with van der Waals surface area (Å²) in [7, 11) is 1.55. The highest BCUT2D eigenvalue weighted by Gasteiger charge is 2.07. The smallest absolute Gasteiger partial charge is 0.322 e. The van der Waals surface area contributed by atoms with Gasteiger partial charge >= 0.3 is 6.01 Å². The standard InChI is InChI=1S/C12H13N3O2/c1-8-6-14-12(15-7-8)17-10-4-3-9(13)5-11(10)16-2/h3-7H,13H2,1-2H3. The van der Waals surface area contributed by atoms with Gasteiger partial charge in [0, 0.05) is 24.1 Å². The summed E-state index contributed by atoms with van der Waals surface area (Å²) in [6.07, 6.45) is 3.37.